The Kier molecular flexibility index (Phi) is 2.36. The molecule has 1 aromatic carbocycles. The van der Waals surface area contributed by atoms with E-state index in [0.717, 1.165) is 12.8 Å². The molecule has 76 valence electrons. The van der Waals surface area contributed by atoms with Crippen molar-refractivity contribution in [2.24, 2.45) is 5.92 Å². The van der Waals surface area contributed by atoms with E-state index in [4.69, 9.17) is 0 Å². The maximum atomic E-state index is 10.1. The standard InChI is InChI=1S/C13H18O/c1-10-8-12(9-13(10,2)14)11-6-4-3-5-7-11/h3-7,10,12,14H,8-9H2,1-2H3/t10-,12-,13-/m0/s1. The lowest BCUT2D eigenvalue weighted by atomic mass is 9.94. The first-order valence-electron chi connectivity index (χ1n) is 5.37. The predicted octanol–water partition coefficient (Wildman–Crippen LogP) is 2.95. The Bertz CT molecular complexity index is 302. The molecule has 1 heteroatoms. The van der Waals surface area contributed by atoms with E-state index < -0.39 is 5.60 Å². The van der Waals surface area contributed by atoms with Crippen LogP contribution in [0.25, 0.3) is 0 Å². The Morgan fingerprint density at radius 3 is 2.43 bits per heavy atom. The van der Waals surface area contributed by atoms with Crippen LogP contribution < -0.4 is 0 Å². The molecule has 0 heterocycles. The molecule has 1 nitrogen and oxygen atoms in total. The van der Waals surface area contributed by atoms with Crippen molar-refractivity contribution < 1.29 is 5.11 Å². The molecule has 1 aliphatic carbocycles. The highest BCUT2D eigenvalue weighted by Gasteiger charge is 2.39. The molecule has 0 saturated heterocycles. The van der Waals surface area contributed by atoms with Crippen LogP contribution in [-0.4, -0.2) is 10.7 Å². The first-order valence-corrected chi connectivity index (χ1v) is 5.37. The second-order valence-corrected chi connectivity index (χ2v) is 4.81. The summed E-state index contributed by atoms with van der Waals surface area (Å²) >= 11 is 0. The Morgan fingerprint density at radius 2 is 1.93 bits per heavy atom. The average molecular weight is 190 g/mol. The van der Waals surface area contributed by atoms with Gasteiger partial charge in [0, 0.05) is 0 Å². The summed E-state index contributed by atoms with van der Waals surface area (Å²) in [7, 11) is 0. The third-order valence-electron chi connectivity index (χ3n) is 3.63. The molecule has 1 saturated carbocycles. The van der Waals surface area contributed by atoms with Gasteiger partial charge in [-0.25, -0.2) is 0 Å². The van der Waals surface area contributed by atoms with E-state index in [-0.39, 0.29) is 0 Å². The van der Waals surface area contributed by atoms with Crippen molar-refractivity contribution >= 4 is 0 Å². The summed E-state index contributed by atoms with van der Waals surface area (Å²) in [6.45, 7) is 4.10. The molecule has 0 spiro atoms. The molecule has 1 N–H and O–H groups in total. The van der Waals surface area contributed by atoms with Crippen LogP contribution >= 0.6 is 0 Å². The van der Waals surface area contributed by atoms with Gasteiger partial charge >= 0.3 is 0 Å². The molecule has 0 radical (unpaired) electrons. The molecule has 2 rings (SSSR count). The zero-order chi connectivity index (χ0) is 10.2. The minimum Gasteiger partial charge on any atom is -0.390 e. The summed E-state index contributed by atoms with van der Waals surface area (Å²) < 4.78 is 0. The van der Waals surface area contributed by atoms with E-state index in [2.05, 4.69) is 31.2 Å². The molecule has 14 heavy (non-hydrogen) atoms. The quantitative estimate of drug-likeness (QED) is 0.722. The van der Waals surface area contributed by atoms with Gasteiger partial charge in [-0.3, -0.25) is 0 Å². The zero-order valence-electron chi connectivity index (χ0n) is 8.90. The second kappa shape index (κ2) is 3.39. The second-order valence-electron chi connectivity index (χ2n) is 4.81. The molecule has 1 fully saturated rings. The molecule has 1 aliphatic rings. The molecular weight excluding hydrogens is 172 g/mol. The number of benzene rings is 1. The van der Waals surface area contributed by atoms with Gasteiger partial charge in [-0.1, -0.05) is 37.3 Å². The zero-order valence-corrected chi connectivity index (χ0v) is 8.90. The van der Waals surface area contributed by atoms with Crippen LogP contribution in [0.3, 0.4) is 0 Å². The molecule has 0 unspecified atom stereocenters. The lowest BCUT2D eigenvalue weighted by molar-refractivity contribution is 0.0276. The van der Waals surface area contributed by atoms with Gasteiger partial charge in [0.1, 0.15) is 0 Å². The Labute approximate surface area is 85.8 Å². The summed E-state index contributed by atoms with van der Waals surface area (Å²) in [4.78, 5) is 0. The van der Waals surface area contributed by atoms with Gasteiger partial charge < -0.3 is 5.11 Å². The largest absolute Gasteiger partial charge is 0.390 e. The first kappa shape index (κ1) is 9.72. The van der Waals surface area contributed by atoms with Crippen molar-refractivity contribution in [2.75, 3.05) is 0 Å². The van der Waals surface area contributed by atoms with E-state index in [9.17, 15) is 5.11 Å². The average Bonchev–Trinajstić information content (AvgIpc) is 2.43. The van der Waals surface area contributed by atoms with E-state index >= 15 is 0 Å². The van der Waals surface area contributed by atoms with Crippen LogP contribution in [-0.2, 0) is 0 Å². The third kappa shape index (κ3) is 1.69. The lowest BCUT2D eigenvalue weighted by Crippen LogP contribution is -2.26. The van der Waals surface area contributed by atoms with Crippen molar-refractivity contribution in [3.63, 3.8) is 0 Å². The van der Waals surface area contributed by atoms with Gasteiger partial charge in [0.2, 0.25) is 0 Å². The monoisotopic (exact) mass is 190 g/mol. The Morgan fingerprint density at radius 1 is 1.29 bits per heavy atom. The van der Waals surface area contributed by atoms with Gasteiger partial charge in [-0.2, -0.15) is 0 Å². The van der Waals surface area contributed by atoms with E-state index in [1.165, 1.54) is 5.56 Å². The summed E-state index contributed by atoms with van der Waals surface area (Å²) in [5, 5.41) is 10.1. The van der Waals surface area contributed by atoms with Gasteiger partial charge in [-0.05, 0) is 37.2 Å². The number of hydrogen-bond donors (Lipinski definition) is 1. The van der Waals surface area contributed by atoms with Crippen LogP contribution in [0.2, 0.25) is 0 Å². The fourth-order valence-electron chi connectivity index (χ4n) is 2.44. The fraction of sp³-hybridized carbons (Fsp3) is 0.538. The minimum absolute atomic E-state index is 0.410. The molecule has 0 bridgehead atoms. The Hall–Kier alpha value is -0.820. The van der Waals surface area contributed by atoms with Gasteiger partial charge in [0.05, 0.1) is 5.60 Å². The molecule has 0 aliphatic heterocycles. The molecule has 0 amide bonds. The normalized spacial score (nSPS) is 37.4. The highest BCUT2D eigenvalue weighted by Crippen LogP contribution is 2.44. The maximum Gasteiger partial charge on any atom is 0.0651 e. The molecule has 3 atom stereocenters. The van der Waals surface area contributed by atoms with Gasteiger partial charge in [-0.15, -0.1) is 0 Å². The SMILES string of the molecule is C[C@H]1C[C@H](c2ccccc2)C[C@]1(C)O. The molecule has 1 aromatic rings. The van der Waals surface area contributed by atoms with Crippen LogP contribution in [0.4, 0.5) is 0 Å². The maximum absolute atomic E-state index is 10.1. The summed E-state index contributed by atoms with van der Waals surface area (Å²) in [5.74, 6) is 0.953. The predicted molar refractivity (Wildman–Crippen MR) is 58.2 cm³/mol. The van der Waals surface area contributed by atoms with Crippen molar-refractivity contribution in [1.82, 2.24) is 0 Å². The van der Waals surface area contributed by atoms with Crippen molar-refractivity contribution in [1.29, 1.82) is 0 Å². The van der Waals surface area contributed by atoms with Crippen molar-refractivity contribution in [3.8, 4) is 0 Å². The summed E-state index contributed by atoms with van der Waals surface area (Å²) in [6, 6.07) is 10.5. The molecular formula is C13H18O. The van der Waals surface area contributed by atoms with Crippen LogP contribution in [0.5, 0.6) is 0 Å². The summed E-state index contributed by atoms with van der Waals surface area (Å²) in [6.07, 6.45) is 2.01. The van der Waals surface area contributed by atoms with E-state index in [1.807, 2.05) is 13.0 Å². The van der Waals surface area contributed by atoms with Crippen molar-refractivity contribution in [3.05, 3.63) is 35.9 Å². The number of rotatable bonds is 1. The highest BCUT2D eigenvalue weighted by atomic mass is 16.3. The van der Waals surface area contributed by atoms with Crippen LogP contribution in [0.15, 0.2) is 30.3 Å². The first-order chi connectivity index (χ1) is 6.59. The lowest BCUT2D eigenvalue weighted by Gasteiger charge is -2.21. The minimum atomic E-state index is -0.472. The highest BCUT2D eigenvalue weighted by molar-refractivity contribution is 5.22. The molecule has 0 aromatic heterocycles. The smallest absolute Gasteiger partial charge is 0.0651 e. The summed E-state index contributed by atoms with van der Waals surface area (Å²) in [5.41, 5.74) is 0.901. The van der Waals surface area contributed by atoms with E-state index in [1.54, 1.807) is 0 Å². The van der Waals surface area contributed by atoms with E-state index in [0.29, 0.717) is 11.8 Å². The van der Waals surface area contributed by atoms with Gasteiger partial charge in [0.15, 0.2) is 0 Å². The van der Waals surface area contributed by atoms with Gasteiger partial charge in [0.25, 0.3) is 0 Å². The number of hydrogen-bond acceptors (Lipinski definition) is 1. The Balaban J connectivity index is 2.17. The number of aliphatic hydroxyl groups is 1. The third-order valence-corrected chi connectivity index (χ3v) is 3.63. The fourth-order valence-corrected chi connectivity index (χ4v) is 2.44. The van der Waals surface area contributed by atoms with Crippen LogP contribution in [0, 0.1) is 5.92 Å². The van der Waals surface area contributed by atoms with Crippen LogP contribution in [0.1, 0.15) is 38.2 Å². The topological polar surface area (TPSA) is 20.2 Å². The van der Waals surface area contributed by atoms with Crippen molar-refractivity contribution in [2.45, 2.75) is 38.2 Å².